The fourth-order valence-corrected chi connectivity index (χ4v) is 2.03. The van der Waals surface area contributed by atoms with E-state index in [1.54, 1.807) is 0 Å². The third-order valence-corrected chi connectivity index (χ3v) is 3.10. The van der Waals surface area contributed by atoms with Crippen LogP contribution >= 0.6 is 0 Å². The minimum absolute atomic E-state index is 0.0190. The van der Waals surface area contributed by atoms with Crippen LogP contribution in [-0.4, -0.2) is 40.5 Å². The lowest BCUT2D eigenvalue weighted by atomic mass is 10.1. The minimum Gasteiger partial charge on any atom is -0.478 e. The van der Waals surface area contributed by atoms with Crippen LogP contribution in [0, 0.1) is 0 Å². The van der Waals surface area contributed by atoms with E-state index in [4.69, 9.17) is 5.11 Å². The molecule has 1 saturated heterocycles. The van der Waals surface area contributed by atoms with E-state index in [0.717, 1.165) is 6.08 Å². The van der Waals surface area contributed by atoms with Crippen LogP contribution < -0.4 is 10.6 Å². The summed E-state index contributed by atoms with van der Waals surface area (Å²) in [5, 5.41) is 14.1. The van der Waals surface area contributed by atoms with Crippen molar-refractivity contribution in [1.82, 2.24) is 15.6 Å². The van der Waals surface area contributed by atoms with Crippen LogP contribution in [0.1, 0.15) is 28.8 Å². The summed E-state index contributed by atoms with van der Waals surface area (Å²) in [7, 11) is 0. The first-order valence-corrected chi connectivity index (χ1v) is 6.49. The van der Waals surface area contributed by atoms with Gasteiger partial charge in [0.1, 0.15) is 0 Å². The Hall–Kier alpha value is -2.70. The van der Waals surface area contributed by atoms with E-state index >= 15 is 0 Å². The second kappa shape index (κ2) is 6.65. The fourth-order valence-electron chi connectivity index (χ4n) is 2.03. The summed E-state index contributed by atoms with van der Waals surface area (Å²) in [6.45, 7) is 0.399. The Kier molecular flexibility index (Phi) is 4.65. The van der Waals surface area contributed by atoms with Gasteiger partial charge in [0.2, 0.25) is 5.91 Å². The third kappa shape index (κ3) is 4.13. The normalized spacial score (nSPS) is 18.3. The maximum atomic E-state index is 12.2. The Morgan fingerprint density at radius 2 is 2.29 bits per heavy atom. The molecule has 2 heterocycles. The Balaban J connectivity index is 2.08. The number of carbonyl (C=O) groups excluding carboxylic acids is 2. The van der Waals surface area contributed by atoms with Crippen LogP contribution in [0.4, 0.5) is 0 Å². The Bertz CT molecular complexity index is 588. The maximum Gasteiger partial charge on any atom is 0.328 e. The zero-order valence-corrected chi connectivity index (χ0v) is 11.2. The monoisotopic (exact) mass is 289 g/mol. The average Bonchev–Trinajstić information content (AvgIpc) is 2.47. The molecule has 0 spiro atoms. The van der Waals surface area contributed by atoms with Gasteiger partial charge in [0.25, 0.3) is 5.91 Å². The van der Waals surface area contributed by atoms with E-state index in [-0.39, 0.29) is 17.9 Å². The summed E-state index contributed by atoms with van der Waals surface area (Å²) in [4.78, 5) is 37.7. The molecule has 1 unspecified atom stereocenters. The summed E-state index contributed by atoms with van der Waals surface area (Å²) in [5.74, 6) is -1.43. The average molecular weight is 289 g/mol. The summed E-state index contributed by atoms with van der Waals surface area (Å²) in [6, 6.07) is 1.40. The summed E-state index contributed by atoms with van der Waals surface area (Å²) >= 11 is 0. The molecule has 1 aromatic rings. The molecule has 1 aromatic heterocycles. The minimum atomic E-state index is -1.10. The summed E-state index contributed by atoms with van der Waals surface area (Å²) in [6.07, 6.45) is 6.14. The summed E-state index contributed by atoms with van der Waals surface area (Å²) < 4.78 is 0. The largest absolute Gasteiger partial charge is 0.478 e. The molecule has 2 amide bonds. The van der Waals surface area contributed by atoms with Crippen LogP contribution in [-0.2, 0) is 9.59 Å². The van der Waals surface area contributed by atoms with Gasteiger partial charge < -0.3 is 15.7 Å². The molecule has 0 radical (unpaired) electrons. The van der Waals surface area contributed by atoms with Gasteiger partial charge >= 0.3 is 5.97 Å². The van der Waals surface area contributed by atoms with E-state index < -0.39 is 5.97 Å². The highest BCUT2D eigenvalue weighted by Gasteiger charge is 2.20. The topological polar surface area (TPSA) is 108 Å². The van der Waals surface area contributed by atoms with Crippen LogP contribution in [0.2, 0.25) is 0 Å². The molecule has 2 rings (SSSR count). The second-order valence-corrected chi connectivity index (χ2v) is 4.65. The number of amides is 2. The van der Waals surface area contributed by atoms with Crippen molar-refractivity contribution >= 4 is 23.9 Å². The quantitative estimate of drug-likeness (QED) is 0.686. The predicted molar refractivity (Wildman–Crippen MR) is 74.4 cm³/mol. The number of hydrogen-bond donors (Lipinski definition) is 3. The van der Waals surface area contributed by atoms with E-state index in [0.29, 0.717) is 30.5 Å². The standard InChI is InChI=1S/C14H15N3O4/c18-12-3-2-10(8-16-12)17-14(21)11-5-6-15-7-9(11)1-4-13(19)20/h1,4-7,10H,2-3,8H2,(H,16,18)(H,17,21)(H,19,20). The number of piperidine rings is 1. The smallest absolute Gasteiger partial charge is 0.328 e. The van der Waals surface area contributed by atoms with Crippen molar-refractivity contribution in [2.45, 2.75) is 18.9 Å². The number of nitrogens with one attached hydrogen (secondary N) is 2. The highest BCUT2D eigenvalue weighted by atomic mass is 16.4. The van der Waals surface area contributed by atoms with Crippen LogP contribution in [0.3, 0.4) is 0 Å². The third-order valence-electron chi connectivity index (χ3n) is 3.10. The molecule has 0 bridgehead atoms. The Morgan fingerprint density at radius 1 is 1.48 bits per heavy atom. The highest BCUT2D eigenvalue weighted by molar-refractivity contribution is 5.99. The molecule has 1 aliphatic rings. The molecule has 1 fully saturated rings. The predicted octanol–water partition coefficient (Wildman–Crippen LogP) is 0.188. The van der Waals surface area contributed by atoms with E-state index in [1.807, 2.05) is 0 Å². The van der Waals surface area contributed by atoms with Crippen molar-refractivity contribution in [3.05, 3.63) is 35.7 Å². The van der Waals surface area contributed by atoms with Crippen molar-refractivity contribution in [2.75, 3.05) is 6.54 Å². The molecular weight excluding hydrogens is 274 g/mol. The first-order valence-electron chi connectivity index (χ1n) is 6.49. The lowest BCUT2D eigenvalue weighted by Crippen LogP contribution is -2.47. The van der Waals surface area contributed by atoms with Crippen molar-refractivity contribution in [3.63, 3.8) is 0 Å². The van der Waals surface area contributed by atoms with Crippen molar-refractivity contribution in [3.8, 4) is 0 Å². The fraction of sp³-hybridized carbons (Fsp3) is 0.286. The number of aromatic nitrogens is 1. The molecule has 0 saturated carbocycles. The molecule has 7 heteroatoms. The molecule has 21 heavy (non-hydrogen) atoms. The summed E-state index contributed by atoms with van der Waals surface area (Å²) in [5.41, 5.74) is 0.775. The van der Waals surface area contributed by atoms with Gasteiger partial charge in [0.15, 0.2) is 0 Å². The van der Waals surface area contributed by atoms with Gasteiger partial charge in [-0.3, -0.25) is 14.6 Å². The van der Waals surface area contributed by atoms with Crippen molar-refractivity contribution in [1.29, 1.82) is 0 Å². The number of rotatable bonds is 4. The number of carboxylic acids is 1. The number of nitrogens with zero attached hydrogens (tertiary/aromatic N) is 1. The maximum absolute atomic E-state index is 12.2. The zero-order valence-electron chi connectivity index (χ0n) is 11.2. The lowest BCUT2D eigenvalue weighted by molar-refractivity contribution is -0.131. The Morgan fingerprint density at radius 3 is 2.95 bits per heavy atom. The van der Waals surface area contributed by atoms with Gasteiger partial charge in [0, 0.05) is 48.6 Å². The van der Waals surface area contributed by atoms with E-state index in [1.165, 1.54) is 24.5 Å². The van der Waals surface area contributed by atoms with Gasteiger partial charge in [0.05, 0.1) is 0 Å². The lowest BCUT2D eigenvalue weighted by Gasteiger charge is -2.23. The highest BCUT2D eigenvalue weighted by Crippen LogP contribution is 2.11. The van der Waals surface area contributed by atoms with Crippen LogP contribution in [0.5, 0.6) is 0 Å². The van der Waals surface area contributed by atoms with E-state index in [2.05, 4.69) is 15.6 Å². The molecule has 7 nitrogen and oxygen atoms in total. The van der Waals surface area contributed by atoms with Gasteiger partial charge in [-0.15, -0.1) is 0 Å². The number of hydrogen-bond acceptors (Lipinski definition) is 4. The number of carboxylic acid groups (broad SMARTS) is 1. The van der Waals surface area contributed by atoms with Gasteiger partial charge in [-0.25, -0.2) is 4.79 Å². The molecule has 1 aliphatic heterocycles. The van der Waals surface area contributed by atoms with Crippen molar-refractivity contribution in [2.24, 2.45) is 0 Å². The first kappa shape index (κ1) is 14.7. The van der Waals surface area contributed by atoms with E-state index in [9.17, 15) is 14.4 Å². The Labute approximate surface area is 121 Å². The van der Waals surface area contributed by atoms with Crippen LogP contribution in [0.15, 0.2) is 24.5 Å². The number of carbonyl (C=O) groups is 3. The molecule has 1 atom stereocenters. The van der Waals surface area contributed by atoms with Crippen molar-refractivity contribution < 1.29 is 19.5 Å². The molecule has 0 aliphatic carbocycles. The molecule has 3 N–H and O–H groups in total. The van der Waals surface area contributed by atoms with Gasteiger partial charge in [-0.05, 0) is 18.6 Å². The SMILES string of the molecule is O=C(O)C=Cc1cnccc1C(=O)NC1CCC(=O)NC1. The van der Waals surface area contributed by atoms with Gasteiger partial charge in [-0.1, -0.05) is 0 Å². The number of pyridine rings is 1. The second-order valence-electron chi connectivity index (χ2n) is 4.65. The first-order chi connectivity index (χ1) is 10.1. The zero-order chi connectivity index (χ0) is 15.2. The number of aliphatic carboxylic acids is 1. The molecule has 110 valence electrons. The molecular formula is C14H15N3O4. The van der Waals surface area contributed by atoms with Gasteiger partial charge in [-0.2, -0.15) is 0 Å². The van der Waals surface area contributed by atoms with Crippen LogP contribution in [0.25, 0.3) is 6.08 Å². The molecule has 0 aromatic carbocycles.